The number of amides is 2. The summed E-state index contributed by atoms with van der Waals surface area (Å²) in [5, 5.41) is 4.13. The van der Waals surface area contributed by atoms with Crippen LogP contribution in [0, 0.1) is 0 Å². The second kappa shape index (κ2) is 11.6. The second-order valence-electron chi connectivity index (χ2n) is 8.29. The second-order valence-corrected chi connectivity index (χ2v) is 11.0. The highest BCUT2D eigenvalue weighted by molar-refractivity contribution is 9.10. The van der Waals surface area contributed by atoms with Crippen LogP contribution in [0.5, 0.6) is 0 Å². The molecule has 0 saturated heterocycles. The van der Waals surface area contributed by atoms with Gasteiger partial charge in [-0.1, -0.05) is 57.3 Å². The minimum atomic E-state index is -0.602. The van der Waals surface area contributed by atoms with Crippen molar-refractivity contribution in [2.24, 2.45) is 0 Å². The highest BCUT2D eigenvalue weighted by Crippen LogP contribution is 2.25. The Bertz CT molecular complexity index is 917. The van der Waals surface area contributed by atoms with Crippen molar-refractivity contribution in [1.29, 1.82) is 0 Å². The van der Waals surface area contributed by atoms with Crippen LogP contribution in [0.1, 0.15) is 38.8 Å². The minimum Gasteiger partial charge on any atom is -0.350 e. The van der Waals surface area contributed by atoms with Gasteiger partial charge in [0.2, 0.25) is 11.8 Å². The van der Waals surface area contributed by atoms with Gasteiger partial charge in [-0.05, 0) is 63.1 Å². The molecule has 0 aliphatic carbocycles. The number of benzene rings is 2. The van der Waals surface area contributed by atoms with Crippen LogP contribution >= 0.6 is 50.9 Å². The lowest BCUT2D eigenvalue weighted by Gasteiger charge is -2.31. The molecule has 8 heteroatoms. The maximum atomic E-state index is 13.1. The molecule has 2 rings (SSSR count). The zero-order valence-electron chi connectivity index (χ0n) is 18.0. The number of carbonyl (C=O) groups is 2. The van der Waals surface area contributed by atoms with Crippen LogP contribution in [0.3, 0.4) is 0 Å². The number of nitrogens with one attached hydrogen (secondary N) is 1. The van der Waals surface area contributed by atoms with Crippen molar-refractivity contribution in [2.75, 3.05) is 5.75 Å². The molecule has 1 atom stereocenters. The fourth-order valence-electron chi connectivity index (χ4n) is 2.81. The van der Waals surface area contributed by atoms with Crippen molar-refractivity contribution < 1.29 is 9.59 Å². The highest BCUT2D eigenvalue weighted by Gasteiger charge is 2.28. The smallest absolute Gasteiger partial charge is 0.242 e. The average molecular weight is 546 g/mol. The Morgan fingerprint density at radius 2 is 1.77 bits per heavy atom. The molecule has 0 unspecified atom stereocenters. The van der Waals surface area contributed by atoms with E-state index in [1.807, 2.05) is 51.1 Å². The number of hydrogen-bond donors (Lipinski definition) is 1. The number of hydrogen-bond acceptors (Lipinski definition) is 3. The van der Waals surface area contributed by atoms with Crippen LogP contribution in [-0.4, -0.2) is 34.0 Å². The first kappa shape index (κ1) is 26.0. The maximum absolute atomic E-state index is 13.1. The van der Waals surface area contributed by atoms with Crippen LogP contribution < -0.4 is 5.32 Å². The third kappa shape index (κ3) is 8.68. The summed E-state index contributed by atoms with van der Waals surface area (Å²) >= 11 is 17.1. The Morgan fingerprint density at radius 1 is 1.13 bits per heavy atom. The van der Waals surface area contributed by atoms with Crippen molar-refractivity contribution in [1.82, 2.24) is 10.2 Å². The quantitative estimate of drug-likeness (QED) is 0.422. The molecule has 0 saturated carbocycles. The number of halogens is 3. The molecule has 2 aromatic carbocycles. The molecule has 168 valence electrons. The van der Waals surface area contributed by atoms with Gasteiger partial charge >= 0.3 is 0 Å². The molecule has 0 heterocycles. The molecule has 0 bridgehead atoms. The van der Waals surface area contributed by atoms with Gasteiger partial charge < -0.3 is 10.2 Å². The first-order chi connectivity index (χ1) is 14.5. The number of thioether (sulfide) groups is 1. The topological polar surface area (TPSA) is 49.4 Å². The molecular formula is C23H27BrCl2N2O2S. The van der Waals surface area contributed by atoms with E-state index in [2.05, 4.69) is 21.2 Å². The first-order valence-electron chi connectivity index (χ1n) is 9.84. The SMILES string of the molecule is C[C@@H](C(=O)NC(C)(C)C)N(Cc1ccc(Br)cc1)C(=O)CSCc1ccc(Cl)cc1Cl. The molecule has 31 heavy (non-hydrogen) atoms. The summed E-state index contributed by atoms with van der Waals surface area (Å²) in [6.45, 7) is 7.88. The van der Waals surface area contributed by atoms with Crippen LogP contribution in [0.25, 0.3) is 0 Å². The molecular weight excluding hydrogens is 519 g/mol. The van der Waals surface area contributed by atoms with E-state index >= 15 is 0 Å². The first-order valence-corrected chi connectivity index (χ1v) is 12.5. The Balaban J connectivity index is 2.10. The Morgan fingerprint density at radius 3 is 2.35 bits per heavy atom. The van der Waals surface area contributed by atoms with Crippen molar-refractivity contribution in [3.8, 4) is 0 Å². The molecule has 0 spiro atoms. The van der Waals surface area contributed by atoms with Gasteiger partial charge in [0.25, 0.3) is 0 Å². The molecule has 2 amide bonds. The molecule has 0 aromatic heterocycles. The number of rotatable bonds is 8. The number of nitrogens with zero attached hydrogens (tertiary/aromatic N) is 1. The van der Waals surface area contributed by atoms with Gasteiger partial charge in [0, 0.05) is 32.4 Å². The van der Waals surface area contributed by atoms with E-state index in [0.717, 1.165) is 15.6 Å². The van der Waals surface area contributed by atoms with E-state index in [-0.39, 0.29) is 23.1 Å². The summed E-state index contributed by atoms with van der Waals surface area (Å²) in [5.74, 6) is 0.539. The summed E-state index contributed by atoms with van der Waals surface area (Å²) in [6, 6.07) is 12.5. The van der Waals surface area contributed by atoms with Gasteiger partial charge in [0.1, 0.15) is 6.04 Å². The third-order valence-corrected chi connectivity index (χ3v) is 6.51. The average Bonchev–Trinajstić information content (AvgIpc) is 2.67. The van der Waals surface area contributed by atoms with E-state index in [1.54, 1.807) is 24.0 Å². The Labute approximate surface area is 207 Å². The lowest BCUT2D eigenvalue weighted by atomic mass is 10.1. The number of carbonyl (C=O) groups excluding carboxylic acids is 2. The Kier molecular flexibility index (Phi) is 9.74. The molecule has 4 nitrogen and oxygen atoms in total. The highest BCUT2D eigenvalue weighted by atomic mass is 79.9. The summed E-state index contributed by atoms with van der Waals surface area (Å²) in [5.41, 5.74) is 1.50. The standard InChI is InChI=1S/C23H27BrCl2N2O2S/c1-15(22(30)27-23(2,3)4)28(12-16-5-8-18(24)9-6-16)21(29)14-31-13-17-7-10-19(25)11-20(17)26/h5-11,15H,12-14H2,1-4H3,(H,27,30)/t15-/m0/s1. The van der Waals surface area contributed by atoms with Crippen LogP contribution in [-0.2, 0) is 21.9 Å². The molecule has 2 aromatic rings. The van der Waals surface area contributed by atoms with Gasteiger partial charge in [-0.3, -0.25) is 9.59 Å². The fraction of sp³-hybridized carbons (Fsp3) is 0.391. The maximum Gasteiger partial charge on any atom is 0.242 e. The van der Waals surface area contributed by atoms with Crippen LogP contribution in [0.15, 0.2) is 46.9 Å². The van der Waals surface area contributed by atoms with Crippen LogP contribution in [0.2, 0.25) is 10.0 Å². The summed E-state index contributed by atoms with van der Waals surface area (Å²) in [4.78, 5) is 27.5. The van der Waals surface area contributed by atoms with Gasteiger partial charge in [-0.15, -0.1) is 11.8 Å². The van der Waals surface area contributed by atoms with Gasteiger partial charge in [0.05, 0.1) is 5.75 Å². The Hall–Kier alpha value is -1.21. The van der Waals surface area contributed by atoms with Crippen LogP contribution in [0.4, 0.5) is 0 Å². The van der Waals surface area contributed by atoms with E-state index in [4.69, 9.17) is 23.2 Å². The largest absolute Gasteiger partial charge is 0.350 e. The van der Waals surface area contributed by atoms with Crippen molar-refractivity contribution >= 4 is 62.7 Å². The lowest BCUT2D eigenvalue weighted by molar-refractivity contribution is -0.139. The monoisotopic (exact) mass is 544 g/mol. The molecule has 1 N–H and O–H groups in total. The minimum absolute atomic E-state index is 0.102. The lowest BCUT2D eigenvalue weighted by Crippen LogP contribution is -2.52. The van der Waals surface area contributed by atoms with E-state index in [9.17, 15) is 9.59 Å². The third-order valence-electron chi connectivity index (χ3n) is 4.43. The fourth-order valence-corrected chi connectivity index (χ4v) is 4.55. The molecule has 0 aliphatic heterocycles. The zero-order chi connectivity index (χ0) is 23.2. The molecule has 0 fully saturated rings. The van der Waals surface area contributed by atoms with E-state index in [0.29, 0.717) is 22.3 Å². The van der Waals surface area contributed by atoms with Crippen molar-refractivity contribution in [3.05, 3.63) is 68.1 Å². The van der Waals surface area contributed by atoms with Crippen molar-refractivity contribution in [2.45, 2.75) is 51.6 Å². The summed E-state index contributed by atoms with van der Waals surface area (Å²) < 4.78 is 0.961. The molecule has 0 aliphatic rings. The van der Waals surface area contributed by atoms with Crippen molar-refractivity contribution in [3.63, 3.8) is 0 Å². The normalized spacial score (nSPS) is 12.4. The summed E-state index contributed by atoms with van der Waals surface area (Å²) in [7, 11) is 0. The van der Waals surface area contributed by atoms with E-state index < -0.39 is 6.04 Å². The van der Waals surface area contributed by atoms with Gasteiger partial charge in [0.15, 0.2) is 0 Å². The predicted octanol–water partition coefficient (Wildman–Crippen LogP) is 6.32. The summed E-state index contributed by atoms with van der Waals surface area (Å²) in [6.07, 6.45) is 0. The van der Waals surface area contributed by atoms with Gasteiger partial charge in [-0.25, -0.2) is 0 Å². The molecule has 0 radical (unpaired) electrons. The predicted molar refractivity (Wildman–Crippen MR) is 135 cm³/mol. The zero-order valence-corrected chi connectivity index (χ0v) is 22.0. The van der Waals surface area contributed by atoms with E-state index in [1.165, 1.54) is 11.8 Å². The van der Waals surface area contributed by atoms with Gasteiger partial charge in [-0.2, -0.15) is 0 Å².